The molecule has 5 nitrogen and oxygen atoms in total. The number of amides is 2. The Hall–Kier alpha value is -3.60. The molecule has 0 spiro atoms. The summed E-state index contributed by atoms with van der Waals surface area (Å²) in [5, 5.41) is 6.04. The molecule has 0 atom stereocenters. The van der Waals surface area contributed by atoms with Crippen molar-refractivity contribution >= 4 is 23.2 Å². The standard InChI is InChI=1S/C31H37N3O2/c1-21(2)19-32-30(36)27-18-26(33-29(35)23-10-12-25(13-11-23)31(3,4)5)14-15-28(27)34-17-16-22-8-6-7-9-24(22)20-34/h6-15,18,21H,16-17,19-20H2,1-5H3,(H,32,36)(H,33,35). The van der Waals surface area contributed by atoms with E-state index in [1.54, 1.807) is 6.07 Å². The average molecular weight is 484 g/mol. The van der Waals surface area contributed by atoms with Gasteiger partial charge in [0.05, 0.1) is 5.56 Å². The average Bonchev–Trinajstić information content (AvgIpc) is 2.86. The molecule has 0 saturated heterocycles. The highest BCUT2D eigenvalue weighted by atomic mass is 16.2. The maximum absolute atomic E-state index is 13.2. The Bertz CT molecular complexity index is 1240. The smallest absolute Gasteiger partial charge is 0.255 e. The van der Waals surface area contributed by atoms with Crippen molar-refractivity contribution in [2.75, 3.05) is 23.3 Å². The highest BCUT2D eigenvalue weighted by Crippen LogP contribution is 2.30. The van der Waals surface area contributed by atoms with Gasteiger partial charge in [0, 0.05) is 36.6 Å². The van der Waals surface area contributed by atoms with E-state index in [1.165, 1.54) is 16.7 Å². The number of nitrogens with zero attached hydrogens (tertiary/aromatic N) is 1. The predicted octanol–water partition coefficient (Wildman–Crippen LogP) is 6.18. The summed E-state index contributed by atoms with van der Waals surface area (Å²) >= 11 is 0. The van der Waals surface area contributed by atoms with Crippen LogP contribution in [0.4, 0.5) is 11.4 Å². The summed E-state index contributed by atoms with van der Waals surface area (Å²) < 4.78 is 0. The second-order valence-corrected chi connectivity index (χ2v) is 11.1. The first-order valence-corrected chi connectivity index (χ1v) is 12.8. The summed E-state index contributed by atoms with van der Waals surface area (Å²) in [6.45, 7) is 12.8. The maximum atomic E-state index is 13.2. The monoisotopic (exact) mass is 483 g/mol. The summed E-state index contributed by atoms with van der Waals surface area (Å²) in [4.78, 5) is 28.5. The molecule has 0 aliphatic carbocycles. The molecule has 0 saturated carbocycles. The van der Waals surface area contributed by atoms with Gasteiger partial charge < -0.3 is 15.5 Å². The first-order valence-electron chi connectivity index (χ1n) is 12.8. The molecule has 0 bridgehead atoms. The van der Waals surface area contributed by atoms with Crippen LogP contribution in [0.3, 0.4) is 0 Å². The maximum Gasteiger partial charge on any atom is 0.255 e. The third-order valence-corrected chi connectivity index (χ3v) is 6.65. The molecule has 1 aliphatic rings. The van der Waals surface area contributed by atoms with Crippen LogP contribution in [0.2, 0.25) is 0 Å². The molecule has 4 rings (SSSR count). The van der Waals surface area contributed by atoms with E-state index in [1.807, 2.05) is 36.4 Å². The number of hydrogen-bond acceptors (Lipinski definition) is 3. The first-order chi connectivity index (χ1) is 17.1. The van der Waals surface area contributed by atoms with Crippen molar-refractivity contribution in [3.05, 3.63) is 94.5 Å². The number of anilines is 2. The van der Waals surface area contributed by atoms with Crippen molar-refractivity contribution in [3.8, 4) is 0 Å². The van der Waals surface area contributed by atoms with Gasteiger partial charge in [-0.2, -0.15) is 0 Å². The lowest BCUT2D eigenvalue weighted by Crippen LogP contribution is -2.34. The summed E-state index contributed by atoms with van der Waals surface area (Å²) in [6, 6.07) is 21.8. The van der Waals surface area contributed by atoms with Crippen molar-refractivity contribution in [2.45, 2.75) is 53.0 Å². The molecule has 3 aromatic rings. The van der Waals surface area contributed by atoms with E-state index in [-0.39, 0.29) is 17.2 Å². The van der Waals surface area contributed by atoms with Crippen LogP contribution in [0, 0.1) is 5.92 Å². The van der Waals surface area contributed by atoms with Gasteiger partial charge in [-0.25, -0.2) is 0 Å². The number of benzene rings is 3. The Labute approximate surface area is 214 Å². The summed E-state index contributed by atoms with van der Waals surface area (Å²) in [7, 11) is 0. The second kappa shape index (κ2) is 10.6. The largest absolute Gasteiger partial charge is 0.366 e. The van der Waals surface area contributed by atoms with Crippen LogP contribution in [-0.4, -0.2) is 24.9 Å². The predicted molar refractivity (Wildman–Crippen MR) is 148 cm³/mol. The van der Waals surface area contributed by atoms with Crippen LogP contribution in [0.1, 0.15) is 72.0 Å². The minimum absolute atomic E-state index is 0.0258. The quantitative estimate of drug-likeness (QED) is 0.440. The Morgan fingerprint density at radius 2 is 1.61 bits per heavy atom. The van der Waals surface area contributed by atoms with Gasteiger partial charge >= 0.3 is 0 Å². The van der Waals surface area contributed by atoms with Crippen LogP contribution >= 0.6 is 0 Å². The number of carbonyl (C=O) groups excluding carboxylic acids is 2. The molecule has 0 unspecified atom stereocenters. The fourth-order valence-corrected chi connectivity index (χ4v) is 4.49. The van der Waals surface area contributed by atoms with E-state index >= 15 is 0 Å². The van der Waals surface area contributed by atoms with Crippen LogP contribution < -0.4 is 15.5 Å². The molecule has 3 aromatic carbocycles. The highest BCUT2D eigenvalue weighted by molar-refractivity contribution is 6.06. The van der Waals surface area contributed by atoms with Crippen molar-refractivity contribution in [2.24, 2.45) is 5.92 Å². The number of nitrogens with one attached hydrogen (secondary N) is 2. The van der Waals surface area contributed by atoms with Gasteiger partial charge in [-0.1, -0.05) is 71.0 Å². The zero-order valence-electron chi connectivity index (χ0n) is 22.0. The molecular weight excluding hydrogens is 446 g/mol. The molecule has 2 amide bonds. The third-order valence-electron chi connectivity index (χ3n) is 6.65. The normalized spacial score (nSPS) is 13.3. The van der Waals surface area contributed by atoms with Gasteiger partial charge in [0.2, 0.25) is 0 Å². The van der Waals surface area contributed by atoms with E-state index in [0.29, 0.717) is 29.3 Å². The fourth-order valence-electron chi connectivity index (χ4n) is 4.49. The third kappa shape index (κ3) is 5.96. The molecule has 1 heterocycles. The van der Waals surface area contributed by atoms with Gasteiger partial charge in [0.15, 0.2) is 0 Å². The van der Waals surface area contributed by atoms with Gasteiger partial charge in [-0.05, 0) is 64.8 Å². The molecule has 5 heteroatoms. The highest BCUT2D eigenvalue weighted by Gasteiger charge is 2.22. The fraction of sp³-hybridized carbons (Fsp3) is 0.355. The van der Waals surface area contributed by atoms with E-state index in [4.69, 9.17) is 0 Å². The van der Waals surface area contributed by atoms with Crippen molar-refractivity contribution in [1.82, 2.24) is 5.32 Å². The number of fused-ring (bicyclic) bond motifs is 1. The second-order valence-electron chi connectivity index (χ2n) is 11.1. The Kier molecular flexibility index (Phi) is 7.48. The number of rotatable bonds is 6. The Morgan fingerprint density at radius 3 is 2.28 bits per heavy atom. The molecule has 0 radical (unpaired) electrons. The van der Waals surface area contributed by atoms with Crippen molar-refractivity contribution in [3.63, 3.8) is 0 Å². The Morgan fingerprint density at radius 1 is 0.917 bits per heavy atom. The minimum atomic E-state index is -0.191. The summed E-state index contributed by atoms with van der Waals surface area (Å²) in [6.07, 6.45) is 0.937. The summed E-state index contributed by atoms with van der Waals surface area (Å²) in [5.74, 6) is 0.0325. The van der Waals surface area contributed by atoms with Gasteiger partial charge in [-0.15, -0.1) is 0 Å². The lowest BCUT2D eigenvalue weighted by atomic mass is 9.87. The molecule has 1 aliphatic heterocycles. The molecular formula is C31H37N3O2. The van der Waals surface area contributed by atoms with E-state index in [9.17, 15) is 9.59 Å². The Balaban J connectivity index is 1.59. The van der Waals surface area contributed by atoms with E-state index < -0.39 is 0 Å². The minimum Gasteiger partial charge on any atom is -0.366 e. The lowest BCUT2D eigenvalue weighted by Gasteiger charge is -2.32. The zero-order valence-corrected chi connectivity index (χ0v) is 22.0. The zero-order chi connectivity index (χ0) is 25.9. The molecule has 2 N–H and O–H groups in total. The van der Waals surface area contributed by atoms with Crippen LogP contribution in [0.5, 0.6) is 0 Å². The summed E-state index contributed by atoms with van der Waals surface area (Å²) in [5.41, 5.74) is 6.51. The molecule has 0 aromatic heterocycles. The first kappa shape index (κ1) is 25.5. The van der Waals surface area contributed by atoms with Crippen LogP contribution in [0.15, 0.2) is 66.7 Å². The van der Waals surface area contributed by atoms with E-state index in [0.717, 1.165) is 25.2 Å². The molecule has 36 heavy (non-hydrogen) atoms. The van der Waals surface area contributed by atoms with E-state index in [2.05, 4.69) is 74.4 Å². The topological polar surface area (TPSA) is 61.4 Å². The number of carbonyl (C=O) groups is 2. The lowest BCUT2D eigenvalue weighted by molar-refractivity contribution is 0.0948. The molecule has 188 valence electrons. The molecule has 0 fully saturated rings. The van der Waals surface area contributed by atoms with Gasteiger partial charge in [0.25, 0.3) is 11.8 Å². The van der Waals surface area contributed by atoms with Crippen molar-refractivity contribution in [1.29, 1.82) is 0 Å². The van der Waals surface area contributed by atoms with Crippen LogP contribution in [0.25, 0.3) is 0 Å². The van der Waals surface area contributed by atoms with Gasteiger partial charge in [0.1, 0.15) is 0 Å². The van der Waals surface area contributed by atoms with Crippen molar-refractivity contribution < 1.29 is 9.59 Å². The van der Waals surface area contributed by atoms with Gasteiger partial charge in [-0.3, -0.25) is 9.59 Å². The van der Waals surface area contributed by atoms with Crippen LogP contribution in [-0.2, 0) is 18.4 Å². The number of hydrogen-bond donors (Lipinski definition) is 2. The SMILES string of the molecule is CC(C)CNC(=O)c1cc(NC(=O)c2ccc(C(C)(C)C)cc2)ccc1N1CCc2ccccc2C1.